The van der Waals surface area contributed by atoms with Gasteiger partial charge in [0.25, 0.3) is 0 Å². The highest BCUT2D eigenvalue weighted by atomic mass is 32.2. The first kappa shape index (κ1) is 17.5. The second kappa shape index (κ2) is 7.46. The molecule has 1 heterocycles. The Morgan fingerprint density at radius 2 is 2.20 bits per heavy atom. The molecule has 0 saturated heterocycles. The van der Waals surface area contributed by atoms with Crippen LogP contribution in [0.1, 0.15) is 25.1 Å². The Morgan fingerprint density at radius 3 is 2.70 bits per heavy atom. The summed E-state index contributed by atoms with van der Waals surface area (Å²) in [6.45, 7) is 5.27. The molecule has 0 aliphatic heterocycles. The molecule has 1 atom stereocenters. The Labute approximate surface area is 130 Å². The van der Waals surface area contributed by atoms with Gasteiger partial charge < -0.3 is 10.6 Å². The first-order valence-electron chi connectivity index (χ1n) is 6.37. The van der Waals surface area contributed by atoms with Gasteiger partial charge in [0.05, 0.1) is 4.88 Å². The molecule has 5 nitrogen and oxygen atoms in total. The zero-order valence-corrected chi connectivity index (χ0v) is 14.4. The van der Waals surface area contributed by atoms with Crippen molar-refractivity contribution in [3.8, 4) is 0 Å². The number of likely N-dealkylation sites (N-methyl/N-ethyl adjacent to an activating group) is 1. The summed E-state index contributed by atoms with van der Waals surface area (Å²) < 4.78 is 27.0. The van der Waals surface area contributed by atoms with Gasteiger partial charge in [0, 0.05) is 19.1 Å². The molecule has 0 aromatic carbocycles. The molecule has 0 amide bonds. The smallest absolute Gasteiger partial charge is 0.250 e. The molecule has 0 bridgehead atoms. The number of nitrogens with zero attached hydrogens (tertiary/aromatic N) is 1. The maximum atomic E-state index is 12.1. The first-order valence-corrected chi connectivity index (χ1v) is 9.08. The van der Waals surface area contributed by atoms with Crippen LogP contribution in [0, 0.1) is 0 Å². The molecule has 0 spiro atoms. The minimum atomic E-state index is -3.47. The number of thiocarbonyl (C=S) groups is 1. The van der Waals surface area contributed by atoms with Crippen molar-refractivity contribution in [3.63, 3.8) is 0 Å². The van der Waals surface area contributed by atoms with Crippen molar-refractivity contribution < 1.29 is 8.42 Å². The van der Waals surface area contributed by atoms with Crippen molar-refractivity contribution in [2.75, 3.05) is 20.1 Å². The van der Waals surface area contributed by atoms with E-state index in [1.807, 2.05) is 7.05 Å². The highest BCUT2D eigenvalue weighted by Gasteiger charge is 2.17. The van der Waals surface area contributed by atoms with Crippen LogP contribution in [0.4, 0.5) is 0 Å². The van der Waals surface area contributed by atoms with Crippen LogP contribution in [0.25, 0.3) is 0 Å². The first-order chi connectivity index (χ1) is 9.27. The summed E-state index contributed by atoms with van der Waals surface area (Å²) in [5.41, 5.74) is 5.48. The summed E-state index contributed by atoms with van der Waals surface area (Å²) in [6.07, 6.45) is 1.03. The molecular weight excluding hydrogens is 314 g/mol. The van der Waals surface area contributed by atoms with Crippen molar-refractivity contribution in [2.45, 2.75) is 30.5 Å². The zero-order chi connectivity index (χ0) is 15.3. The van der Waals surface area contributed by atoms with Gasteiger partial charge >= 0.3 is 0 Å². The van der Waals surface area contributed by atoms with Crippen LogP contribution in [-0.4, -0.2) is 44.5 Å². The Bertz CT molecular complexity index is 554. The molecule has 8 heteroatoms. The van der Waals surface area contributed by atoms with Gasteiger partial charge in [-0.1, -0.05) is 19.1 Å². The van der Waals surface area contributed by atoms with Gasteiger partial charge in [0.2, 0.25) is 10.0 Å². The van der Waals surface area contributed by atoms with Crippen LogP contribution in [0.15, 0.2) is 16.3 Å². The lowest BCUT2D eigenvalue weighted by Crippen LogP contribution is -2.36. The maximum absolute atomic E-state index is 12.1. The second-order valence-electron chi connectivity index (χ2n) is 4.62. The highest BCUT2D eigenvalue weighted by Crippen LogP contribution is 2.21. The molecule has 1 aromatic heterocycles. The third-order valence-corrected chi connectivity index (χ3v) is 6.61. The number of sulfonamides is 1. The number of nitrogens with two attached hydrogens (primary N) is 1. The molecular formula is C12H21N3O2S3. The van der Waals surface area contributed by atoms with E-state index in [2.05, 4.69) is 23.5 Å². The SMILES string of the molecule is CCC(C)N(C)CCNS(=O)(=O)c1ccc(C(N)=S)s1. The van der Waals surface area contributed by atoms with E-state index in [9.17, 15) is 8.42 Å². The average molecular weight is 336 g/mol. The van der Waals surface area contributed by atoms with E-state index in [1.54, 1.807) is 6.07 Å². The highest BCUT2D eigenvalue weighted by molar-refractivity contribution is 7.91. The number of nitrogens with one attached hydrogen (secondary N) is 1. The monoisotopic (exact) mass is 335 g/mol. The largest absolute Gasteiger partial charge is 0.389 e. The lowest BCUT2D eigenvalue weighted by atomic mass is 10.2. The summed E-state index contributed by atoms with van der Waals surface area (Å²) in [5.74, 6) is 0. The number of hydrogen-bond acceptors (Lipinski definition) is 5. The van der Waals surface area contributed by atoms with Crippen molar-refractivity contribution in [1.29, 1.82) is 0 Å². The fraction of sp³-hybridized carbons (Fsp3) is 0.583. The van der Waals surface area contributed by atoms with Crippen LogP contribution in [0.2, 0.25) is 0 Å². The average Bonchev–Trinajstić information content (AvgIpc) is 2.87. The van der Waals surface area contributed by atoms with Crippen LogP contribution < -0.4 is 10.5 Å². The lowest BCUT2D eigenvalue weighted by molar-refractivity contribution is 0.256. The second-order valence-corrected chi connectivity index (χ2v) is 8.14. The third-order valence-electron chi connectivity index (χ3n) is 3.19. The van der Waals surface area contributed by atoms with Crippen molar-refractivity contribution in [1.82, 2.24) is 9.62 Å². The van der Waals surface area contributed by atoms with Gasteiger partial charge in [0.15, 0.2) is 0 Å². The van der Waals surface area contributed by atoms with Gasteiger partial charge in [-0.3, -0.25) is 0 Å². The van der Waals surface area contributed by atoms with E-state index in [0.29, 0.717) is 24.0 Å². The molecule has 20 heavy (non-hydrogen) atoms. The van der Waals surface area contributed by atoms with E-state index in [1.165, 1.54) is 6.07 Å². The summed E-state index contributed by atoms with van der Waals surface area (Å²) >= 11 is 5.92. The Morgan fingerprint density at radius 1 is 1.55 bits per heavy atom. The van der Waals surface area contributed by atoms with Crippen molar-refractivity contribution >= 4 is 38.6 Å². The van der Waals surface area contributed by atoms with Crippen LogP contribution in [-0.2, 0) is 10.0 Å². The molecule has 1 rings (SSSR count). The van der Waals surface area contributed by atoms with Gasteiger partial charge in [-0.05, 0) is 32.5 Å². The summed E-state index contributed by atoms with van der Waals surface area (Å²) in [7, 11) is -1.49. The minimum Gasteiger partial charge on any atom is -0.389 e. The molecule has 1 unspecified atom stereocenters. The Hall–Kier alpha value is -0.540. The maximum Gasteiger partial charge on any atom is 0.250 e. The predicted octanol–water partition coefficient (Wildman–Crippen LogP) is 1.39. The number of thiophene rings is 1. The Kier molecular flexibility index (Phi) is 6.53. The molecule has 114 valence electrons. The predicted molar refractivity (Wildman–Crippen MR) is 87.8 cm³/mol. The van der Waals surface area contributed by atoms with Crippen LogP contribution in [0.3, 0.4) is 0 Å². The molecule has 1 aromatic rings. The summed E-state index contributed by atoms with van der Waals surface area (Å²) in [5, 5.41) is 0. The molecule has 0 fully saturated rings. The van der Waals surface area contributed by atoms with E-state index in [-0.39, 0.29) is 9.20 Å². The quantitative estimate of drug-likeness (QED) is 0.702. The summed E-state index contributed by atoms with van der Waals surface area (Å²) in [4.78, 5) is 2.95. The number of hydrogen-bond donors (Lipinski definition) is 2. The third kappa shape index (κ3) is 4.78. The van der Waals surface area contributed by atoms with Crippen molar-refractivity contribution in [3.05, 3.63) is 17.0 Å². The summed E-state index contributed by atoms with van der Waals surface area (Å²) in [6, 6.07) is 3.59. The van der Waals surface area contributed by atoms with E-state index in [0.717, 1.165) is 17.8 Å². The van der Waals surface area contributed by atoms with Crippen molar-refractivity contribution in [2.24, 2.45) is 5.73 Å². The molecule has 0 radical (unpaired) electrons. The molecule has 3 N–H and O–H groups in total. The lowest BCUT2D eigenvalue weighted by Gasteiger charge is -2.23. The number of rotatable bonds is 8. The molecule has 0 aliphatic rings. The van der Waals surface area contributed by atoms with Crippen LogP contribution in [0.5, 0.6) is 0 Å². The van der Waals surface area contributed by atoms with E-state index in [4.69, 9.17) is 18.0 Å². The van der Waals surface area contributed by atoms with Gasteiger partial charge in [-0.25, -0.2) is 13.1 Å². The minimum absolute atomic E-state index is 0.216. The molecule has 0 saturated carbocycles. The fourth-order valence-corrected chi connectivity index (χ4v) is 3.97. The van der Waals surface area contributed by atoms with E-state index >= 15 is 0 Å². The van der Waals surface area contributed by atoms with Crippen LogP contribution >= 0.6 is 23.6 Å². The standard InChI is InChI=1S/C12H21N3O2S3/c1-4-9(2)15(3)8-7-14-20(16,17)11-6-5-10(19-11)12(13)18/h5-6,9,14H,4,7-8H2,1-3H3,(H2,13,18). The van der Waals surface area contributed by atoms with Gasteiger partial charge in [-0.2, -0.15) is 0 Å². The zero-order valence-electron chi connectivity index (χ0n) is 11.9. The fourth-order valence-electron chi connectivity index (χ4n) is 1.56. The normalized spacial score (nSPS) is 13.6. The van der Waals surface area contributed by atoms with Gasteiger partial charge in [-0.15, -0.1) is 11.3 Å². The topological polar surface area (TPSA) is 75.4 Å². The van der Waals surface area contributed by atoms with E-state index < -0.39 is 10.0 Å². The molecule has 0 aliphatic carbocycles. The Balaban J connectivity index is 2.59. The van der Waals surface area contributed by atoms with Gasteiger partial charge in [0.1, 0.15) is 9.20 Å².